The molecular formula is C19H18ClN3O. The molecule has 4 nitrogen and oxygen atoms in total. The van der Waals surface area contributed by atoms with Crippen LogP contribution in [0.5, 0.6) is 0 Å². The van der Waals surface area contributed by atoms with Crippen molar-refractivity contribution < 1.29 is 4.79 Å². The Morgan fingerprint density at radius 3 is 2.71 bits per heavy atom. The lowest BCUT2D eigenvalue weighted by Crippen LogP contribution is -2.17. The normalized spacial score (nSPS) is 10.6. The monoisotopic (exact) mass is 339 g/mol. The first-order valence-electron chi connectivity index (χ1n) is 7.78. The molecule has 0 aliphatic rings. The lowest BCUT2D eigenvalue weighted by atomic mass is 10.2. The summed E-state index contributed by atoms with van der Waals surface area (Å²) in [6.07, 6.45) is 2.12. The third-order valence-corrected chi connectivity index (χ3v) is 4.25. The summed E-state index contributed by atoms with van der Waals surface area (Å²) in [6.45, 7) is 2.42. The molecule has 5 heteroatoms. The quantitative estimate of drug-likeness (QED) is 0.712. The second kappa shape index (κ2) is 7.32. The fraction of sp³-hybridized carbons (Fsp3) is 0.158. The molecule has 2 N–H and O–H groups in total. The van der Waals surface area contributed by atoms with Crippen LogP contribution in [0.3, 0.4) is 0 Å². The molecule has 24 heavy (non-hydrogen) atoms. The van der Waals surface area contributed by atoms with Crippen LogP contribution in [0.25, 0.3) is 10.9 Å². The Hall–Kier alpha value is -2.59. The average Bonchev–Trinajstić information content (AvgIpc) is 2.59. The summed E-state index contributed by atoms with van der Waals surface area (Å²) in [5, 5.41) is 7.89. The number of carbonyl (C=O) groups excluding carboxylic acids is 1. The van der Waals surface area contributed by atoms with Crippen molar-refractivity contribution in [3.8, 4) is 0 Å². The molecule has 122 valence electrons. The van der Waals surface area contributed by atoms with Gasteiger partial charge in [-0.2, -0.15) is 0 Å². The average molecular weight is 340 g/mol. The van der Waals surface area contributed by atoms with Crippen LogP contribution >= 0.6 is 11.6 Å². The number of anilines is 2. The zero-order valence-corrected chi connectivity index (χ0v) is 14.1. The van der Waals surface area contributed by atoms with E-state index in [2.05, 4.69) is 15.6 Å². The SMILES string of the molecule is Cc1c(Cl)cccc1NC(=O)CCNc1cccc2cccnc12. The number of hydrogen-bond acceptors (Lipinski definition) is 3. The minimum absolute atomic E-state index is 0.0546. The summed E-state index contributed by atoms with van der Waals surface area (Å²) < 4.78 is 0. The molecule has 3 rings (SSSR count). The maximum absolute atomic E-state index is 12.1. The molecule has 1 aromatic heterocycles. The number of pyridine rings is 1. The molecule has 1 heterocycles. The van der Waals surface area contributed by atoms with Crippen LogP contribution < -0.4 is 10.6 Å². The van der Waals surface area contributed by atoms with Crippen LogP contribution in [-0.2, 0) is 4.79 Å². The van der Waals surface area contributed by atoms with Crippen molar-refractivity contribution in [2.75, 3.05) is 17.2 Å². The van der Waals surface area contributed by atoms with Crippen LogP contribution in [0.2, 0.25) is 5.02 Å². The predicted molar refractivity (Wildman–Crippen MR) is 99.7 cm³/mol. The first kappa shape index (κ1) is 16.3. The number of amides is 1. The molecule has 0 bridgehead atoms. The highest BCUT2D eigenvalue weighted by atomic mass is 35.5. The third-order valence-electron chi connectivity index (χ3n) is 3.84. The van der Waals surface area contributed by atoms with Gasteiger partial charge in [-0.15, -0.1) is 0 Å². The van der Waals surface area contributed by atoms with E-state index in [1.807, 2.05) is 55.5 Å². The number of rotatable bonds is 5. The largest absolute Gasteiger partial charge is 0.383 e. The van der Waals surface area contributed by atoms with Crippen molar-refractivity contribution in [1.29, 1.82) is 0 Å². The Morgan fingerprint density at radius 1 is 1.08 bits per heavy atom. The molecule has 2 aromatic carbocycles. The highest BCUT2D eigenvalue weighted by molar-refractivity contribution is 6.31. The number of fused-ring (bicyclic) bond motifs is 1. The van der Waals surface area contributed by atoms with Crippen LogP contribution in [0.15, 0.2) is 54.7 Å². The molecular weight excluding hydrogens is 322 g/mol. The van der Waals surface area contributed by atoms with E-state index < -0.39 is 0 Å². The number of benzene rings is 2. The topological polar surface area (TPSA) is 54.0 Å². The Labute approximate surface area is 145 Å². The summed E-state index contributed by atoms with van der Waals surface area (Å²) in [5.74, 6) is -0.0546. The molecule has 0 spiro atoms. The first-order valence-corrected chi connectivity index (χ1v) is 8.15. The molecule has 0 fully saturated rings. The second-order valence-corrected chi connectivity index (χ2v) is 5.93. The number of aromatic nitrogens is 1. The number of carbonyl (C=O) groups is 1. The van der Waals surface area contributed by atoms with Gasteiger partial charge in [0.1, 0.15) is 0 Å². The van der Waals surface area contributed by atoms with E-state index in [9.17, 15) is 4.79 Å². The zero-order valence-electron chi connectivity index (χ0n) is 13.3. The third kappa shape index (κ3) is 3.66. The van der Waals surface area contributed by atoms with Crippen LogP contribution in [0.4, 0.5) is 11.4 Å². The van der Waals surface area contributed by atoms with Gasteiger partial charge in [-0.3, -0.25) is 9.78 Å². The van der Waals surface area contributed by atoms with Crippen LogP contribution in [0, 0.1) is 6.92 Å². The smallest absolute Gasteiger partial charge is 0.226 e. The number of hydrogen-bond donors (Lipinski definition) is 2. The predicted octanol–water partition coefficient (Wildman–Crippen LogP) is 4.64. The van der Waals surface area contributed by atoms with Crippen LogP contribution in [-0.4, -0.2) is 17.4 Å². The molecule has 1 amide bonds. The molecule has 0 aliphatic carbocycles. The minimum atomic E-state index is -0.0546. The van der Waals surface area contributed by atoms with E-state index in [0.29, 0.717) is 18.0 Å². The Morgan fingerprint density at radius 2 is 1.83 bits per heavy atom. The first-order chi connectivity index (χ1) is 11.6. The van der Waals surface area contributed by atoms with Gasteiger partial charge < -0.3 is 10.6 Å². The van der Waals surface area contributed by atoms with E-state index >= 15 is 0 Å². The molecule has 0 radical (unpaired) electrons. The maximum Gasteiger partial charge on any atom is 0.226 e. The Bertz CT molecular complexity index is 874. The zero-order chi connectivity index (χ0) is 16.9. The van der Waals surface area contributed by atoms with Gasteiger partial charge in [0.05, 0.1) is 11.2 Å². The molecule has 0 unspecified atom stereocenters. The summed E-state index contributed by atoms with van der Waals surface area (Å²) >= 11 is 6.07. The van der Waals surface area contributed by atoms with E-state index in [1.54, 1.807) is 6.20 Å². The van der Waals surface area contributed by atoms with Crippen molar-refractivity contribution in [3.63, 3.8) is 0 Å². The second-order valence-electron chi connectivity index (χ2n) is 5.52. The van der Waals surface area contributed by atoms with Crippen molar-refractivity contribution >= 4 is 39.8 Å². The molecule has 3 aromatic rings. The van der Waals surface area contributed by atoms with Gasteiger partial charge in [0.25, 0.3) is 0 Å². The number of halogens is 1. The molecule has 0 atom stereocenters. The Kier molecular flexibility index (Phi) is 4.96. The van der Waals surface area contributed by atoms with Crippen molar-refractivity contribution in [2.45, 2.75) is 13.3 Å². The van der Waals surface area contributed by atoms with Gasteiger partial charge >= 0.3 is 0 Å². The summed E-state index contributed by atoms with van der Waals surface area (Å²) in [6, 6.07) is 15.4. The highest BCUT2D eigenvalue weighted by Crippen LogP contribution is 2.23. The lowest BCUT2D eigenvalue weighted by molar-refractivity contribution is -0.115. The standard InChI is InChI=1S/C19H18ClN3O/c1-13-15(20)7-3-8-16(13)23-18(24)10-12-21-17-9-2-5-14-6-4-11-22-19(14)17/h2-9,11,21H,10,12H2,1H3,(H,23,24). The van der Waals surface area contributed by atoms with Crippen molar-refractivity contribution in [3.05, 3.63) is 65.3 Å². The van der Waals surface area contributed by atoms with Crippen LogP contribution in [0.1, 0.15) is 12.0 Å². The minimum Gasteiger partial charge on any atom is -0.383 e. The van der Waals surface area contributed by atoms with Gasteiger partial charge in [0.15, 0.2) is 0 Å². The van der Waals surface area contributed by atoms with Gasteiger partial charge in [0.2, 0.25) is 5.91 Å². The number of nitrogens with one attached hydrogen (secondary N) is 2. The molecule has 0 saturated carbocycles. The Balaban J connectivity index is 1.60. The lowest BCUT2D eigenvalue weighted by Gasteiger charge is -2.11. The fourth-order valence-corrected chi connectivity index (χ4v) is 2.69. The van der Waals surface area contributed by atoms with Crippen molar-refractivity contribution in [2.24, 2.45) is 0 Å². The van der Waals surface area contributed by atoms with E-state index in [-0.39, 0.29) is 5.91 Å². The number of nitrogens with zero attached hydrogens (tertiary/aromatic N) is 1. The molecule has 0 saturated heterocycles. The van der Waals surface area contributed by atoms with E-state index in [0.717, 1.165) is 27.8 Å². The summed E-state index contributed by atoms with van der Waals surface area (Å²) in [4.78, 5) is 16.5. The van der Waals surface area contributed by atoms with Gasteiger partial charge in [-0.1, -0.05) is 35.9 Å². The fourth-order valence-electron chi connectivity index (χ4n) is 2.51. The summed E-state index contributed by atoms with van der Waals surface area (Å²) in [7, 11) is 0. The maximum atomic E-state index is 12.1. The van der Waals surface area contributed by atoms with E-state index in [4.69, 9.17) is 11.6 Å². The highest BCUT2D eigenvalue weighted by Gasteiger charge is 2.07. The van der Waals surface area contributed by atoms with E-state index in [1.165, 1.54) is 0 Å². The van der Waals surface area contributed by atoms with Gasteiger partial charge in [-0.25, -0.2) is 0 Å². The van der Waals surface area contributed by atoms with Gasteiger partial charge in [0, 0.05) is 35.3 Å². The number of para-hydroxylation sites is 1. The summed E-state index contributed by atoms with van der Waals surface area (Å²) in [5.41, 5.74) is 3.46. The van der Waals surface area contributed by atoms with Crippen molar-refractivity contribution in [1.82, 2.24) is 4.98 Å². The molecule has 0 aliphatic heterocycles. The van der Waals surface area contributed by atoms with Gasteiger partial charge in [-0.05, 0) is 36.8 Å².